The summed E-state index contributed by atoms with van der Waals surface area (Å²) in [5.74, 6) is 0.0151. The van der Waals surface area contributed by atoms with Crippen LogP contribution < -0.4 is 4.90 Å². The van der Waals surface area contributed by atoms with E-state index in [2.05, 4.69) is 4.98 Å². The maximum Gasteiger partial charge on any atom is 0.274 e. The molecule has 23 heavy (non-hydrogen) atoms. The minimum absolute atomic E-state index is 0.176. The Bertz CT molecular complexity index is 731. The van der Waals surface area contributed by atoms with Crippen molar-refractivity contribution in [2.45, 2.75) is 0 Å². The molecule has 0 saturated carbocycles. The SMILES string of the molecule is O=C(c1nc(Cl)ccc1Cl)N1CCN(c2ccccc2O)CC1. The molecule has 1 amide bonds. The second-order valence-electron chi connectivity index (χ2n) is 5.23. The fraction of sp³-hybridized carbons (Fsp3) is 0.250. The van der Waals surface area contributed by atoms with Crippen molar-refractivity contribution in [1.29, 1.82) is 0 Å². The molecule has 2 aromatic rings. The summed E-state index contributed by atoms with van der Waals surface area (Å²) in [6, 6.07) is 10.3. The van der Waals surface area contributed by atoms with E-state index in [-0.39, 0.29) is 22.5 Å². The number of nitrogens with zero attached hydrogens (tertiary/aromatic N) is 3. The summed E-state index contributed by atoms with van der Waals surface area (Å²) in [6.07, 6.45) is 0. The van der Waals surface area contributed by atoms with Crippen molar-refractivity contribution in [2.75, 3.05) is 31.1 Å². The number of amides is 1. The van der Waals surface area contributed by atoms with Crippen molar-refractivity contribution in [2.24, 2.45) is 0 Å². The van der Waals surface area contributed by atoms with Gasteiger partial charge in [-0.15, -0.1) is 0 Å². The average Bonchev–Trinajstić information content (AvgIpc) is 2.57. The number of carbonyl (C=O) groups excluding carboxylic acids is 1. The van der Waals surface area contributed by atoms with Gasteiger partial charge < -0.3 is 14.9 Å². The Morgan fingerprint density at radius 1 is 1.04 bits per heavy atom. The lowest BCUT2D eigenvalue weighted by atomic mass is 10.2. The van der Waals surface area contributed by atoms with Crippen LogP contribution in [0, 0.1) is 0 Å². The molecule has 0 bridgehead atoms. The lowest BCUT2D eigenvalue weighted by Gasteiger charge is -2.36. The van der Waals surface area contributed by atoms with Crippen LogP contribution in [0.3, 0.4) is 0 Å². The highest BCUT2D eigenvalue weighted by Crippen LogP contribution is 2.27. The zero-order chi connectivity index (χ0) is 16.4. The Hall–Kier alpha value is -1.98. The van der Waals surface area contributed by atoms with E-state index >= 15 is 0 Å². The normalized spacial score (nSPS) is 14.9. The van der Waals surface area contributed by atoms with Crippen molar-refractivity contribution in [3.05, 3.63) is 52.3 Å². The largest absolute Gasteiger partial charge is 0.506 e. The summed E-state index contributed by atoms with van der Waals surface area (Å²) in [6.45, 7) is 2.30. The molecule has 1 aromatic carbocycles. The fourth-order valence-electron chi connectivity index (χ4n) is 2.60. The lowest BCUT2D eigenvalue weighted by Crippen LogP contribution is -2.49. The molecule has 3 rings (SSSR count). The molecule has 0 aliphatic carbocycles. The van der Waals surface area contributed by atoms with Gasteiger partial charge in [0.1, 0.15) is 16.6 Å². The number of phenols is 1. The number of hydrogen-bond acceptors (Lipinski definition) is 4. The van der Waals surface area contributed by atoms with Crippen LogP contribution in [-0.4, -0.2) is 47.1 Å². The smallest absolute Gasteiger partial charge is 0.274 e. The van der Waals surface area contributed by atoms with Gasteiger partial charge in [0.05, 0.1) is 10.7 Å². The number of piperazine rings is 1. The number of phenolic OH excluding ortho intramolecular Hbond substituents is 1. The maximum atomic E-state index is 12.5. The van der Waals surface area contributed by atoms with Gasteiger partial charge in [0.25, 0.3) is 5.91 Å². The van der Waals surface area contributed by atoms with Crippen LogP contribution >= 0.6 is 23.2 Å². The first-order chi connectivity index (χ1) is 11.1. The van der Waals surface area contributed by atoms with Crippen molar-refractivity contribution in [3.8, 4) is 5.75 Å². The van der Waals surface area contributed by atoms with Gasteiger partial charge in [0, 0.05) is 26.2 Å². The first-order valence-electron chi connectivity index (χ1n) is 7.20. The molecule has 0 unspecified atom stereocenters. The van der Waals surface area contributed by atoms with E-state index in [0.29, 0.717) is 31.2 Å². The first-order valence-corrected chi connectivity index (χ1v) is 7.96. The van der Waals surface area contributed by atoms with Gasteiger partial charge in [-0.2, -0.15) is 0 Å². The summed E-state index contributed by atoms with van der Waals surface area (Å²) in [4.78, 5) is 20.3. The van der Waals surface area contributed by atoms with Crippen molar-refractivity contribution in [1.82, 2.24) is 9.88 Å². The summed E-state index contributed by atoms with van der Waals surface area (Å²) in [5, 5.41) is 10.5. The Balaban J connectivity index is 1.70. The number of anilines is 1. The average molecular weight is 352 g/mol. The van der Waals surface area contributed by atoms with E-state index in [1.54, 1.807) is 29.2 Å². The Kier molecular flexibility index (Phi) is 4.59. The second kappa shape index (κ2) is 6.64. The first kappa shape index (κ1) is 15.9. The predicted molar refractivity (Wildman–Crippen MR) is 90.5 cm³/mol. The Morgan fingerprint density at radius 2 is 1.74 bits per heavy atom. The second-order valence-corrected chi connectivity index (χ2v) is 6.03. The van der Waals surface area contributed by atoms with Gasteiger partial charge >= 0.3 is 0 Å². The zero-order valence-electron chi connectivity index (χ0n) is 12.2. The molecular formula is C16H15Cl2N3O2. The Morgan fingerprint density at radius 3 is 2.43 bits per heavy atom. The molecule has 0 spiro atoms. The molecule has 0 atom stereocenters. The third kappa shape index (κ3) is 3.35. The number of hydrogen-bond donors (Lipinski definition) is 1. The van der Waals surface area contributed by atoms with Crippen LogP contribution in [0.25, 0.3) is 0 Å². The molecule has 1 aromatic heterocycles. The van der Waals surface area contributed by atoms with Crippen LogP contribution in [-0.2, 0) is 0 Å². The van der Waals surface area contributed by atoms with Crippen molar-refractivity contribution in [3.63, 3.8) is 0 Å². The van der Waals surface area contributed by atoms with E-state index in [4.69, 9.17) is 23.2 Å². The highest BCUT2D eigenvalue weighted by molar-refractivity contribution is 6.34. The monoisotopic (exact) mass is 351 g/mol. The molecule has 1 fully saturated rings. The van der Waals surface area contributed by atoms with Gasteiger partial charge in [-0.25, -0.2) is 4.98 Å². The van der Waals surface area contributed by atoms with Crippen LogP contribution in [0.1, 0.15) is 10.5 Å². The van der Waals surface area contributed by atoms with E-state index in [1.807, 2.05) is 17.0 Å². The predicted octanol–water partition coefficient (Wildman–Crippen LogP) is 3.06. The fourth-order valence-corrected chi connectivity index (χ4v) is 2.93. The third-order valence-electron chi connectivity index (χ3n) is 3.80. The summed E-state index contributed by atoms with van der Waals surface area (Å²) in [7, 11) is 0. The topological polar surface area (TPSA) is 56.7 Å². The molecule has 2 heterocycles. The van der Waals surface area contributed by atoms with Crippen LogP contribution in [0.15, 0.2) is 36.4 Å². The van der Waals surface area contributed by atoms with Gasteiger partial charge in [-0.3, -0.25) is 4.79 Å². The van der Waals surface area contributed by atoms with Crippen LogP contribution in [0.2, 0.25) is 10.2 Å². The number of benzene rings is 1. The molecule has 0 radical (unpaired) electrons. The lowest BCUT2D eigenvalue weighted by molar-refractivity contribution is 0.0741. The number of rotatable bonds is 2. The molecule has 5 nitrogen and oxygen atoms in total. The van der Waals surface area contributed by atoms with Gasteiger partial charge in [0.2, 0.25) is 0 Å². The van der Waals surface area contributed by atoms with E-state index in [1.165, 1.54) is 0 Å². The minimum Gasteiger partial charge on any atom is -0.506 e. The molecule has 1 saturated heterocycles. The highest BCUT2D eigenvalue weighted by Gasteiger charge is 2.25. The summed E-state index contributed by atoms with van der Waals surface area (Å²) >= 11 is 11.9. The molecule has 1 aliphatic heterocycles. The standard InChI is InChI=1S/C16H15Cl2N3O2/c17-11-5-6-14(18)19-15(11)16(23)21-9-7-20(8-10-21)12-3-1-2-4-13(12)22/h1-6,22H,7-10H2. The van der Waals surface area contributed by atoms with Gasteiger partial charge in [-0.05, 0) is 24.3 Å². The molecule has 1 N–H and O–H groups in total. The Labute approximate surface area is 144 Å². The highest BCUT2D eigenvalue weighted by atomic mass is 35.5. The van der Waals surface area contributed by atoms with E-state index in [0.717, 1.165) is 5.69 Å². The quantitative estimate of drug-likeness (QED) is 0.844. The van der Waals surface area contributed by atoms with E-state index < -0.39 is 0 Å². The van der Waals surface area contributed by atoms with Crippen molar-refractivity contribution >= 4 is 34.8 Å². The number of pyridine rings is 1. The maximum absolute atomic E-state index is 12.5. The number of halogens is 2. The van der Waals surface area contributed by atoms with Crippen LogP contribution in [0.4, 0.5) is 5.69 Å². The third-order valence-corrected chi connectivity index (χ3v) is 4.32. The molecular weight excluding hydrogens is 337 g/mol. The molecule has 1 aliphatic rings. The van der Waals surface area contributed by atoms with Gasteiger partial charge in [0.15, 0.2) is 0 Å². The number of para-hydroxylation sites is 2. The molecule has 120 valence electrons. The minimum atomic E-state index is -0.227. The van der Waals surface area contributed by atoms with Crippen molar-refractivity contribution < 1.29 is 9.90 Å². The van der Waals surface area contributed by atoms with Crippen LogP contribution in [0.5, 0.6) is 5.75 Å². The number of carbonyl (C=O) groups is 1. The van der Waals surface area contributed by atoms with Gasteiger partial charge in [-0.1, -0.05) is 35.3 Å². The zero-order valence-corrected chi connectivity index (χ0v) is 13.8. The summed E-state index contributed by atoms with van der Waals surface area (Å²) in [5.41, 5.74) is 0.952. The number of aromatic nitrogens is 1. The van der Waals surface area contributed by atoms with E-state index in [9.17, 15) is 9.90 Å². The molecule has 7 heteroatoms. The number of aromatic hydroxyl groups is 1. The summed E-state index contributed by atoms with van der Waals surface area (Å²) < 4.78 is 0.